The van der Waals surface area contributed by atoms with Gasteiger partial charge in [-0.3, -0.25) is 4.79 Å². The second-order valence-electron chi connectivity index (χ2n) is 7.41. The van der Waals surface area contributed by atoms with E-state index in [1.54, 1.807) is 6.08 Å². The van der Waals surface area contributed by atoms with Crippen molar-refractivity contribution in [2.75, 3.05) is 39.4 Å². The zero-order chi connectivity index (χ0) is 19.3. The van der Waals surface area contributed by atoms with Crippen molar-refractivity contribution >= 4 is 12.0 Å². The SMILES string of the molecule is Cc1ccccc1C[NH+]1CCN(C(=O)/C=C/c2ccc3c(c2)OCCO3)CC1. The van der Waals surface area contributed by atoms with Crippen molar-refractivity contribution in [1.29, 1.82) is 0 Å². The normalized spacial score (nSPS) is 17.1. The average Bonchev–Trinajstić information content (AvgIpc) is 2.74. The van der Waals surface area contributed by atoms with E-state index in [0.717, 1.165) is 49.8 Å². The number of hydrogen-bond donors (Lipinski definition) is 1. The predicted octanol–water partition coefficient (Wildman–Crippen LogP) is 1.71. The third kappa shape index (κ3) is 4.37. The number of nitrogens with one attached hydrogen (secondary N) is 1. The lowest BCUT2D eigenvalue weighted by atomic mass is 10.1. The van der Waals surface area contributed by atoms with Gasteiger partial charge >= 0.3 is 0 Å². The predicted molar refractivity (Wildman–Crippen MR) is 109 cm³/mol. The summed E-state index contributed by atoms with van der Waals surface area (Å²) in [5, 5.41) is 0. The molecule has 1 saturated heterocycles. The number of carbonyl (C=O) groups excluding carboxylic acids is 1. The van der Waals surface area contributed by atoms with Gasteiger partial charge in [0, 0.05) is 11.6 Å². The van der Waals surface area contributed by atoms with Crippen molar-refractivity contribution in [3.63, 3.8) is 0 Å². The Morgan fingerprint density at radius 1 is 1.07 bits per heavy atom. The van der Waals surface area contributed by atoms with Gasteiger partial charge in [-0.25, -0.2) is 0 Å². The first-order chi connectivity index (χ1) is 13.7. The Balaban J connectivity index is 1.30. The molecule has 2 aromatic rings. The first-order valence-electron chi connectivity index (χ1n) is 9.94. The van der Waals surface area contributed by atoms with Gasteiger partial charge in [-0.15, -0.1) is 0 Å². The summed E-state index contributed by atoms with van der Waals surface area (Å²) in [6.07, 6.45) is 3.52. The molecule has 0 radical (unpaired) electrons. The molecule has 5 nitrogen and oxygen atoms in total. The fraction of sp³-hybridized carbons (Fsp3) is 0.348. The van der Waals surface area contributed by atoms with Crippen LogP contribution in [0.1, 0.15) is 16.7 Å². The van der Waals surface area contributed by atoms with Crippen LogP contribution in [0.15, 0.2) is 48.5 Å². The van der Waals surface area contributed by atoms with E-state index in [4.69, 9.17) is 9.47 Å². The lowest BCUT2D eigenvalue weighted by molar-refractivity contribution is -0.917. The highest BCUT2D eigenvalue weighted by Gasteiger charge is 2.22. The Labute approximate surface area is 166 Å². The van der Waals surface area contributed by atoms with E-state index in [9.17, 15) is 4.79 Å². The topological polar surface area (TPSA) is 43.2 Å². The summed E-state index contributed by atoms with van der Waals surface area (Å²) in [4.78, 5) is 16.0. The molecule has 0 bridgehead atoms. The number of fused-ring (bicyclic) bond motifs is 1. The van der Waals surface area contributed by atoms with Gasteiger partial charge in [-0.1, -0.05) is 30.3 Å². The summed E-state index contributed by atoms with van der Waals surface area (Å²) < 4.78 is 11.1. The molecule has 2 aromatic carbocycles. The highest BCUT2D eigenvalue weighted by molar-refractivity contribution is 5.91. The van der Waals surface area contributed by atoms with Gasteiger partial charge in [-0.2, -0.15) is 0 Å². The van der Waals surface area contributed by atoms with E-state index < -0.39 is 0 Å². The molecule has 28 heavy (non-hydrogen) atoms. The van der Waals surface area contributed by atoms with Crippen LogP contribution in [0.5, 0.6) is 11.5 Å². The molecule has 0 aromatic heterocycles. The minimum absolute atomic E-state index is 0.0739. The van der Waals surface area contributed by atoms with Crippen LogP contribution in [0.2, 0.25) is 0 Å². The molecule has 1 N–H and O–H groups in total. The highest BCUT2D eigenvalue weighted by Crippen LogP contribution is 2.31. The van der Waals surface area contributed by atoms with Crippen molar-refractivity contribution in [3.05, 3.63) is 65.2 Å². The first kappa shape index (κ1) is 18.6. The number of hydrogen-bond acceptors (Lipinski definition) is 3. The number of rotatable bonds is 4. The Hall–Kier alpha value is -2.79. The van der Waals surface area contributed by atoms with Crippen LogP contribution in [0.25, 0.3) is 6.08 Å². The summed E-state index contributed by atoms with van der Waals surface area (Å²) in [7, 11) is 0. The number of benzene rings is 2. The maximum absolute atomic E-state index is 12.6. The van der Waals surface area contributed by atoms with Gasteiger partial charge in [-0.05, 0) is 36.3 Å². The molecule has 0 spiro atoms. The molecule has 0 unspecified atom stereocenters. The number of aryl methyl sites for hydroxylation is 1. The fourth-order valence-electron chi connectivity index (χ4n) is 3.73. The van der Waals surface area contributed by atoms with Crippen LogP contribution in [-0.4, -0.2) is 50.2 Å². The van der Waals surface area contributed by atoms with Crippen molar-refractivity contribution in [2.24, 2.45) is 0 Å². The fourth-order valence-corrected chi connectivity index (χ4v) is 3.73. The van der Waals surface area contributed by atoms with Crippen LogP contribution in [0, 0.1) is 6.92 Å². The van der Waals surface area contributed by atoms with Crippen LogP contribution in [0.4, 0.5) is 0 Å². The minimum Gasteiger partial charge on any atom is -0.486 e. The third-order valence-corrected chi connectivity index (χ3v) is 5.47. The quantitative estimate of drug-likeness (QED) is 0.823. The Morgan fingerprint density at radius 3 is 2.61 bits per heavy atom. The van der Waals surface area contributed by atoms with E-state index in [1.165, 1.54) is 16.0 Å². The van der Waals surface area contributed by atoms with Crippen LogP contribution < -0.4 is 14.4 Å². The molecular weight excluding hydrogens is 352 g/mol. The molecule has 2 heterocycles. The molecular formula is C23H27N2O3+. The zero-order valence-corrected chi connectivity index (χ0v) is 16.3. The molecule has 2 aliphatic heterocycles. The second-order valence-corrected chi connectivity index (χ2v) is 7.41. The van der Waals surface area contributed by atoms with Gasteiger partial charge in [0.25, 0.3) is 0 Å². The summed E-state index contributed by atoms with van der Waals surface area (Å²) in [6.45, 7) is 7.90. The molecule has 1 amide bonds. The Morgan fingerprint density at radius 2 is 1.82 bits per heavy atom. The van der Waals surface area contributed by atoms with Gasteiger partial charge in [0.05, 0.1) is 26.2 Å². The van der Waals surface area contributed by atoms with Crippen molar-refractivity contribution in [2.45, 2.75) is 13.5 Å². The number of quaternary nitrogens is 1. The van der Waals surface area contributed by atoms with Gasteiger partial charge in [0.2, 0.25) is 5.91 Å². The van der Waals surface area contributed by atoms with Crippen LogP contribution in [-0.2, 0) is 11.3 Å². The lowest BCUT2D eigenvalue weighted by Crippen LogP contribution is -3.13. The summed E-state index contributed by atoms with van der Waals surface area (Å²) in [5.74, 6) is 1.58. The maximum atomic E-state index is 12.6. The minimum atomic E-state index is 0.0739. The molecule has 146 valence electrons. The number of carbonyl (C=O) groups is 1. The molecule has 0 aliphatic carbocycles. The first-order valence-corrected chi connectivity index (χ1v) is 9.94. The third-order valence-electron chi connectivity index (χ3n) is 5.47. The largest absolute Gasteiger partial charge is 0.486 e. The van der Waals surface area contributed by atoms with Crippen molar-refractivity contribution in [1.82, 2.24) is 4.90 Å². The number of nitrogens with zero attached hydrogens (tertiary/aromatic N) is 1. The van der Waals surface area contributed by atoms with Crippen molar-refractivity contribution in [3.8, 4) is 11.5 Å². The van der Waals surface area contributed by atoms with Crippen LogP contribution >= 0.6 is 0 Å². The molecule has 1 fully saturated rings. The average molecular weight is 379 g/mol. The van der Waals surface area contributed by atoms with E-state index in [2.05, 4.69) is 31.2 Å². The molecule has 2 aliphatic rings. The molecule has 0 saturated carbocycles. The Kier molecular flexibility index (Phi) is 5.63. The Bertz CT molecular complexity index is 870. The van der Waals surface area contributed by atoms with E-state index in [-0.39, 0.29) is 5.91 Å². The molecule has 4 rings (SSSR count). The number of ether oxygens (including phenoxy) is 2. The van der Waals surface area contributed by atoms with E-state index in [1.807, 2.05) is 29.2 Å². The molecule has 0 atom stereocenters. The monoisotopic (exact) mass is 379 g/mol. The van der Waals surface area contributed by atoms with E-state index >= 15 is 0 Å². The van der Waals surface area contributed by atoms with Gasteiger partial charge in [0.15, 0.2) is 11.5 Å². The molecule has 5 heteroatoms. The highest BCUT2D eigenvalue weighted by atomic mass is 16.6. The summed E-state index contributed by atoms with van der Waals surface area (Å²) >= 11 is 0. The van der Waals surface area contributed by atoms with Gasteiger partial charge < -0.3 is 19.3 Å². The standard InChI is InChI=1S/C23H26N2O3/c1-18-4-2-3-5-20(18)17-24-10-12-25(13-11-24)23(26)9-7-19-6-8-21-22(16-19)28-15-14-27-21/h2-9,16H,10-15,17H2,1H3/p+1/b9-7+. The zero-order valence-electron chi connectivity index (χ0n) is 16.3. The van der Waals surface area contributed by atoms with E-state index in [0.29, 0.717) is 13.2 Å². The number of amides is 1. The van der Waals surface area contributed by atoms with Gasteiger partial charge in [0.1, 0.15) is 19.8 Å². The number of piperazine rings is 1. The second kappa shape index (κ2) is 8.48. The maximum Gasteiger partial charge on any atom is 0.246 e. The smallest absolute Gasteiger partial charge is 0.246 e. The summed E-state index contributed by atoms with van der Waals surface area (Å²) in [5.41, 5.74) is 3.69. The summed E-state index contributed by atoms with van der Waals surface area (Å²) in [6, 6.07) is 14.3. The lowest BCUT2D eigenvalue weighted by Gasteiger charge is -2.32. The van der Waals surface area contributed by atoms with Crippen LogP contribution in [0.3, 0.4) is 0 Å². The van der Waals surface area contributed by atoms with Crippen molar-refractivity contribution < 1.29 is 19.2 Å².